The lowest BCUT2D eigenvalue weighted by atomic mass is 9.38. The molecule has 3 fully saturated rings. The third-order valence-electron chi connectivity index (χ3n) is 3.03. The molecule has 0 amide bonds. The number of nitrogens with two attached hydrogens (primary N) is 1. The molecular weight excluding hydrogens is 221 g/mol. The average Bonchev–Trinajstić information content (AvgIpc) is 1.74. The summed E-state index contributed by atoms with van der Waals surface area (Å²) in [6.45, 7) is 0. The summed E-state index contributed by atoms with van der Waals surface area (Å²) in [4.78, 5) is 0. The Labute approximate surface area is 88.4 Å². The zero-order chi connectivity index (χ0) is 8.11. The van der Waals surface area contributed by atoms with Gasteiger partial charge in [0, 0.05) is 12.0 Å². The van der Waals surface area contributed by atoms with Gasteiger partial charge in [0.25, 0.3) is 0 Å². The van der Waals surface area contributed by atoms with E-state index < -0.39 is 6.43 Å². The van der Waals surface area contributed by atoms with Crippen molar-refractivity contribution in [3.05, 3.63) is 0 Å². The van der Waals surface area contributed by atoms with Crippen molar-refractivity contribution < 1.29 is 8.78 Å². The first-order valence-electron chi connectivity index (χ1n) is 3.86. The lowest BCUT2D eigenvalue weighted by molar-refractivity contribution is -0.177. The molecule has 0 atom stereocenters. The average molecular weight is 235 g/mol. The molecule has 0 spiro atoms. The van der Waals surface area contributed by atoms with Gasteiger partial charge in [-0.3, -0.25) is 11.3 Å². The van der Waals surface area contributed by atoms with Gasteiger partial charge in [-0.05, 0) is 24.7 Å². The van der Waals surface area contributed by atoms with Crippen molar-refractivity contribution in [1.29, 1.82) is 0 Å². The number of rotatable bonds is 3. The highest BCUT2D eigenvalue weighted by atomic mass is 35.5. The monoisotopic (exact) mass is 234 g/mol. The van der Waals surface area contributed by atoms with Gasteiger partial charge in [-0.1, -0.05) is 0 Å². The maximum absolute atomic E-state index is 12.0. The van der Waals surface area contributed by atoms with Gasteiger partial charge in [-0.25, -0.2) is 8.78 Å². The van der Waals surface area contributed by atoms with Gasteiger partial charge < -0.3 is 0 Å². The number of nitrogens with one attached hydrogen (secondary N) is 1. The van der Waals surface area contributed by atoms with E-state index in [1.54, 1.807) is 0 Å². The molecule has 0 aliphatic heterocycles. The Hall–Kier alpha value is 0.360. The first-order chi connectivity index (χ1) is 5.10. The Morgan fingerprint density at radius 1 is 1.23 bits per heavy atom. The Balaban J connectivity index is 0.000000720. The van der Waals surface area contributed by atoms with Gasteiger partial charge >= 0.3 is 0 Å². The molecular formula is C7H14Cl2F2N2. The molecule has 0 aromatic carbocycles. The van der Waals surface area contributed by atoms with Crippen LogP contribution in [0.2, 0.25) is 0 Å². The van der Waals surface area contributed by atoms with Crippen LogP contribution < -0.4 is 11.3 Å². The topological polar surface area (TPSA) is 38.0 Å². The third-order valence-corrected chi connectivity index (χ3v) is 3.03. The highest BCUT2D eigenvalue weighted by molar-refractivity contribution is 5.85. The van der Waals surface area contributed by atoms with Gasteiger partial charge in [0.2, 0.25) is 6.43 Å². The number of hydrazine groups is 1. The van der Waals surface area contributed by atoms with Crippen molar-refractivity contribution in [1.82, 2.24) is 5.43 Å². The summed E-state index contributed by atoms with van der Waals surface area (Å²) in [5.74, 6) is 5.26. The van der Waals surface area contributed by atoms with Gasteiger partial charge in [-0.2, -0.15) is 0 Å². The Bertz CT molecular complexity index is 170. The van der Waals surface area contributed by atoms with E-state index in [2.05, 4.69) is 5.43 Å². The van der Waals surface area contributed by atoms with E-state index in [0.29, 0.717) is 0 Å². The first kappa shape index (κ1) is 13.4. The highest BCUT2D eigenvalue weighted by Crippen LogP contribution is 2.69. The molecule has 0 radical (unpaired) electrons. The van der Waals surface area contributed by atoms with Crippen LogP contribution in [0.3, 0.4) is 0 Å². The predicted molar refractivity (Wildman–Crippen MR) is 51.5 cm³/mol. The van der Waals surface area contributed by atoms with Crippen LogP contribution in [-0.4, -0.2) is 12.0 Å². The highest BCUT2D eigenvalue weighted by Gasteiger charge is 2.67. The molecule has 0 aromatic rings. The fourth-order valence-corrected chi connectivity index (χ4v) is 2.70. The molecule has 2 bridgehead atoms. The molecule has 2 nitrogen and oxygen atoms in total. The van der Waals surface area contributed by atoms with Crippen molar-refractivity contribution in [2.24, 2.45) is 11.3 Å². The SMILES string of the molecule is Cl.Cl.NNC12CC(CC(F)F)(C1)C2. The molecule has 3 saturated carbocycles. The molecule has 0 unspecified atom stereocenters. The normalized spacial score (nSPS) is 39.7. The van der Waals surface area contributed by atoms with Crippen LogP contribution in [0.25, 0.3) is 0 Å². The third kappa shape index (κ3) is 1.91. The smallest absolute Gasteiger partial charge is 0.239 e. The second-order valence-electron chi connectivity index (χ2n) is 4.05. The minimum absolute atomic E-state index is 0. The molecule has 0 aromatic heterocycles. The molecule has 3 aliphatic rings. The van der Waals surface area contributed by atoms with Crippen LogP contribution in [0.4, 0.5) is 8.78 Å². The maximum Gasteiger partial charge on any atom is 0.239 e. The molecule has 0 saturated heterocycles. The van der Waals surface area contributed by atoms with E-state index >= 15 is 0 Å². The van der Waals surface area contributed by atoms with Crippen LogP contribution in [0.15, 0.2) is 0 Å². The summed E-state index contributed by atoms with van der Waals surface area (Å²) in [5.41, 5.74) is 2.71. The van der Waals surface area contributed by atoms with E-state index in [1.807, 2.05) is 0 Å². The number of halogens is 4. The zero-order valence-corrected chi connectivity index (χ0v) is 8.69. The van der Waals surface area contributed by atoms with Crippen molar-refractivity contribution in [2.75, 3.05) is 0 Å². The van der Waals surface area contributed by atoms with Crippen molar-refractivity contribution in [2.45, 2.75) is 37.6 Å². The minimum Gasteiger partial charge on any atom is -0.271 e. The van der Waals surface area contributed by atoms with Crippen molar-refractivity contribution >= 4 is 24.8 Å². The molecule has 3 rings (SSSR count). The van der Waals surface area contributed by atoms with Crippen LogP contribution in [0.5, 0.6) is 0 Å². The molecule has 80 valence electrons. The van der Waals surface area contributed by atoms with E-state index in [9.17, 15) is 8.78 Å². The van der Waals surface area contributed by atoms with Gasteiger partial charge in [0.15, 0.2) is 0 Å². The molecule has 0 heterocycles. The number of hydrogen-bond donors (Lipinski definition) is 2. The molecule has 3 aliphatic carbocycles. The number of alkyl halides is 2. The van der Waals surface area contributed by atoms with Crippen LogP contribution in [0, 0.1) is 5.41 Å². The van der Waals surface area contributed by atoms with Gasteiger partial charge in [0.05, 0.1) is 0 Å². The van der Waals surface area contributed by atoms with Crippen LogP contribution in [0.1, 0.15) is 25.7 Å². The standard InChI is InChI=1S/C7H12F2N2.2ClH/c8-5(9)1-6-2-7(3-6,4-6)11-10;;/h5,11H,1-4,10H2;2*1H. The zero-order valence-electron chi connectivity index (χ0n) is 7.06. The largest absolute Gasteiger partial charge is 0.271 e. The molecule has 13 heavy (non-hydrogen) atoms. The summed E-state index contributed by atoms with van der Waals surface area (Å²) in [7, 11) is 0. The van der Waals surface area contributed by atoms with E-state index in [1.165, 1.54) is 0 Å². The Kier molecular flexibility index (Phi) is 3.95. The Morgan fingerprint density at radius 3 is 2.00 bits per heavy atom. The fraction of sp³-hybridized carbons (Fsp3) is 1.00. The summed E-state index contributed by atoms with van der Waals surface area (Å²) in [6, 6.07) is 0. The Morgan fingerprint density at radius 2 is 1.69 bits per heavy atom. The van der Waals surface area contributed by atoms with Gasteiger partial charge in [-0.15, -0.1) is 24.8 Å². The minimum atomic E-state index is -2.15. The molecule has 6 heteroatoms. The maximum atomic E-state index is 12.0. The van der Waals surface area contributed by atoms with Crippen molar-refractivity contribution in [3.63, 3.8) is 0 Å². The van der Waals surface area contributed by atoms with E-state index in [0.717, 1.165) is 19.3 Å². The predicted octanol–water partition coefficient (Wildman–Crippen LogP) is 1.87. The summed E-state index contributed by atoms with van der Waals surface area (Å²) in [5, 5.41) is 0. The van der Waals surface area contributed by atoms with Crippen LogP contribution >= 0.6 is 24.8 Å². The van der Waals surface area contributed by atoms with Gasteiger partial charge in [0.1, 0.15) is 0 Å². The van der Waals surface area contributed by atoms with E-state index in [4.69, 9.17) is 5.84 Å². The van der Waals surface area contributed by atoms with E-state index in [-0.39, 0.29) is 42.2 Å². The second-order valence-corrected chi connectivity index (χ2v) is 4.05. The summed E-state index contributed by atoms with van der Waals surface area (Å²) in [6.07, 6.45) is 0.463. The second kappa shape index (κ2) is 3.85. The summed E-state index contributed by atoms with van der Waals surface area (Å²) < 4.78 is 23.9. The number of hydrogen-bond acceptors (Lipinski definition) is 2. The summed E-state index contributed by atoms with van der Waals surface area (Å²) >= 11 is 0. The quantitative estimate of drug-likeness (QED) is 0.578. The lowest BCUT2D eigenvalue weighted by Crippen LogP contribution is -2.75. The fourth-order valence-electron chi connectivity index (χ4n) is 2.70. The van der Waals surface area contributed by atoms with Crippen LogP contribution in [-0.2, 0) is 0 Å². The van der Waals surface area contributed by atoms with Crippen molar-refractivity contribution in [3.8, 4) is 0 Å². The first-order valence-corrected chi connectivity index (χ1v) is 3.86. The molecule has 3 N–H and O–H groups in total. The lowest BCUT2D eigenvalue weighted by Gasteiger charge is -2.70.